The fourth-order valence-corrected chi connectivity index (χ4v) is 1.99. The highest BCUT2D eigenvalue weighted by Crippen LogP contribution is 2.15. The minimum Gasteiger partial charge on any atom is -0.494 e. The molecule has 0 saturated carbocycles. The van der Waals surface area contributed by atoms with Gasteiger partial charge in [-0.2, -0.15) is 0 Å². The molecule has 1 aromatic carbocycles. The van der Waals surface area contributed by atoms with Gasteiger partial charge in [0.25, 0.3) is 11.8 Å². The van der Waals surface area contributed by atoms with E-state index < -0.39 is 0 Å². The number of benzene rings is 1. The first-order valence-corrected chi connectivity index (χ1v) is 7.54. The zero-order valence-electron chi connectivity index (χ0n) is 13.7. The Morgan fingerprint density at radius 1 is 1.14 bits per heavy atom. The minimum absolute atomic E-state index is 0.0543. The average molecular weight is 308 g/mol. The van der Waals surface area contributed by atoms with Crippen LogP contribution in [0.4, 0.5) is 5.69 Å². The van der Waals surface area contributed by atoms with Crippen LogP contribution in [0.25, 0.3) is 0 Å². The number of quaternary nitrogens is 1. The van der Waals surface area contributed by atoms with E-state index in [1.54, 1.807) is 12.1 Å². The van der Waals surface area contributed by atoms with E-state index in [-0.39, 0.29) is 30.9 Å². The van der Waals surface area contributed by atoms with Crippen molar-refractivity contribution in [2.45, 2.75) is 26.8 Å². The molecule has 1 aromatic rings. The van der Waals surface area contributed by atoms with E-state index in [0.717, 1.165) is 10.6 Å². The summed E-state index contributed by atoms with van der Waals surface area (Å²) in [5, 5.41) is 5.62. The number of likely N-dealkylation sites (N-methyl/N-ethyl adjacent to an activating group) is 1. The molecular formula is C16H26N3O3+. The van der Waals surface area contributed by atoms with Crippen LogP contribution in [-0.2, 0) is 9.59 Å². The van der Waals surface area contributed by atoms with Crippen LogP contribution < -0.4 is 20.3 Å². The van der Waals surface area contributed by atoms with E-state index in [1.165, 1.54) is 0 Å². The minimum atomic E-state index is -0.126. The van der Waals surface area contributed by atoms with Gasteiger partial charge < -0.3 is 20.3 Å². The van der Waals surface area contributed by atoms with Crippen molar-refractivity contribution in [2.24, 2.45) is 0 Å². The number of nitrogens with one attached hydrogen (secondary N) is 3. The molecule has 0 aromatic heterocycles. The average Bonchev–Trinajstić information content (AvgIpc) is 2.39. The van der Waals surface area contributed by atoms with Gasteiger partial charge in [-0.15, -0.1) is 0 Å². The Morgan fingerprint density at radius 2 is 1.73 bits per heavy atom. The third-order valence-corrected chi connectivity index (χ3v) is 2.82. The summed E-state index contributed by atoms with van der Waals surface area (Å²) in [6.07, 6.45) is 0. The first-order chi connectivity index (χ1) is 10.4. The van der Waals surface area contributed by atoms with Crippen molar-refractivity contribution in [3.05, 3.63) is 24.3 Å². The Kier molecular flexibility index (Phi) is 7.39. The smallest absolute Gasteiger partial charge is 0.279 e. The molecule has 0 fully saturated rings. The molecule has 122 valence electrons. The van der Waals surface area contributed by atoms with Crippen LogP contribution >= 0.6 is 0 Å². The molecule has 0 spiro atoms. The van der Waals surface area contributed by atoms with E-state index in [9.17, 15) is 9.59 Å². The van der Waals surface area contributed by atoms with Gasteiger partial charge in [0, 0.05) is 11.7 Å². The maximum Gasteiger partial charge on any atom is 0.279 e. The Balaban J connectivity index is 2.40. The van der Waals surface area contributed by atoms with E-state index in [2.05, 4.69) is 10.6 Å². The molecule has 1 rings (SSSR count). The molecule has 0 heterocycles. The van der Waals surface area contributed by atoms with Gasteiger partial charge in [0.15, 0.2) is 13.1 Å². The summed E-state index contributed by atoms with van der Waals surface area (Å²) in [4.78, 5) is 24.4. The van der Waals surface area contributed by atoms with Gasteiger partial charge in [-0.25, -0.2) is 0 Å². The van der Waals surface area contributed by atoms with Crippen molar-refractivity contribution >= 4 is 17.5 Å². The van der Waals surface area contributed by atoms with Crippen molar-refractivity contribution in [1.82, 2.24) is 5.32 Å². The first kappa shape index (κ1) is 18.0. The Morgan fingerprint density at radius 3 is 2.27 bits per heavy atom. The predicted molar refractivity (Wildman–Crippen MR) is 86.1 cm³/mol. The highest BCUT2D eigenvalue weighted by atomic mass is 16.5. The van der Waals surface area contributed by atoms with Crippen molar-refractivity contribution < 1.29 is 19.2 Å². The van der Waals surface area contributed by atoms with E-state index in [1.807, 2.05) is 40.0 Å². The molecule has 1 atom stereocenters. The second-order valence-corrected chi connectivity index (χ2v) is 5.54. The quantitative estimate of drug-likeness (QED) is 0.636. The molecule has 2 amide bonds. The molecular weight excluding hydrogens is 282 g/mol. The van der Waals surface area contributed by atoms with Gasteiger partial charge in [0.1, 0.15) is 5.75 Å². The number of amides is 2. The molecule has 3 N–H and O–H groups in total. The van der Waals surface area contributed by atoms with Crippen molar-refractivity contribution in [1.29, 1.82) is 0 Å². The van der Waals surface area contributed by atoms with Gasteiger partial charge in [-0.1, -0.05) is 0 Å². The number of carbonyl (C=O) groups excluding carboxylic acids is 2. The summed E-state index contributed by atoms with van der Waals surface area (Å²) in [7, 11) is 1.82. The number of hydrogen-bond donors (Lipinski definition) is 3. The van der Waals surface area contributed by atoms with Gasteiger partial charge >= 0.3 is 0 Å². The molecule has 6 heteroatoms. The van der Waals surface area contributed by atoms with Gasteiger partial charge in [0.2, 0.25) is 0 Å². The van der Waals surface area contributed by atoms with Crippen LogP contribution in [0.15, 0.2) is 24.3 Å². The number of hydrogen-bond acceptors (Lipinski definition) is 3. The van der Waals surface area contributed by atoms with Crippen LogP contribution in [0.3, 0.4) is 0 Å². The van der Waals surface area contributed by atoms with Crippen LogP contribution in [-0.4, -0.2) is 44.6 Å². The summed E-state index contributed by atoms with van der Waals surface area (Å²) in [6.45, 7) is 6.85. The Bertz CT molecular complexity index is 486. The summed E-state index contributed by atoms with van der Waals surface area (Å²) < 4.78 is 5.34. The number of rotatable bonds is 8. The second kappa shape index (κ2) is 9.04. The molecule has 0 radical (unpaired) electrons. The predicted octanol–water partition coefficient (Wildman–Crippen LogP) is 0.0631. The summed E-state index contributed by atoms with van der Waals surface area (Å²) in [5.41, 5.74) is 0.716. The third-order valence-electron chi connectivity index (χ3n) is 2.82. The molecule has 0 aliphatic rings. The van der Waals surface area contributed by atoms with Gasteiger partial charge in [-0.05, 0) is 45.0 Å². The molecule has 0 saturated heterocycles. The van der Waals surface area contributed by atoms with E-state index >= 15 is 0 Å². The second-order valence-electron chi connectivity index (χ2n) is 5.54. The Labute approximate surface area is 131 Å². The molecule has 0 aliphatic heterocycles. The summed E-state index contributed by atoms with van der Waals surface area (Å²) in [5.74, 6) is 0.592. The van der Waals surface area contributed by atoms with Crippen molar-refractivity contribution in [3.8, 4) is 5.75 Å². The fourth-order valence-electron chi connectivity index (χ4n) is 1.99. The topological polar surface area (TPSA) is 71.9 Å². The molecule has 0 aliphatic carbocycles. The zero-order valence-corrected chi connectivity index (χ0v) is 13.7. The van der Waals surface area contributed by atoms with Crippen molar-refractivity contribution in [3.63, 3.8) is 0 Å². The molecule has 1 unspecified atom stereocenters. The maximum atomic E-state index is 11.9. The third kappa shape index (κ3) is 7.08. The van der Waals surface area contributed by atoms with Crippen LogP contribution in [0.5, 0.6) is 5.75 Å². The zero-order chi connectivity index (χ0) is 16.5. The van der Waals surface area contributed by atoms with E-state index in [0.29, 0.717) is 12.3 Å². The highest BCUT2D eigenvalue weighted by Gasteiger charge is 2.14. The summed E-state index contributed by atoms with van der Waals surface area (Å²) >= 11 is 0. The lowest BCUT2D eigenvalue weighted by molar-refractivity contribution is -0.862. The standard InChI is InChI=1S/C16H25N3O3/c1-5-22-14-8-6-13(7-9-14)18-16(21)11-19(4)10-15(20)17-12(2)3/h6-9,12H,5,10-11H2,1-4H3,(H,17,20)(H,18,21)/p+1. The molecule has 6 nitrogen and oxygen atoms in total. The number of ether oxygens (including phenoxy) is 1. The van der Waals surface area contributed by atoms with Crippen LogP contribution in [0.2, 0.25) is 0 Å². The normalized spacial score (nSPS) is 11.9. The monoisotopic (exact) mass is 308 g/mol. The van der Waals surface area contributed by atoms with Gasteiger partial charge in [-0.3, -0.25) is 9.59 Å². The molecule has 0 bridgehead atoms. The first-order valence-electron chi connectivity index (χ1n) is 7.54. The Hall–Kier alpha value is -2.08. The van der Waals surface area contributed by atoms with E-state index in [4.69, 9.17) is 4.74 Å². The van der Waals surface area contributed by atoms with Crippen LogP contribution in [0.1, 0.15) is 20.8 Å². The lowest BCUT2D eigenvalue weighted by Crippen LogP contribution is -3.11. The van der Waals surface area contributed by atoms with Gasteiger partial charge in [0.05, 0.1) is 13.7 Å². The van der Waals surface area contributed by atoms with Crippen LogP contribution in [0, 0.1) is 0 Å². The fraction of sp³-hybridized carbons (Fsp3) is 0.500. The highest BCUT2D eigenvalue weighted by molar-refractivity contribution is 5.91. The summed E-state index contributed by atoms with van der Waals surface area (Å²) in [6, 6.07) is 7.32. The SMILES string of the molecule is CCOc1ccc(NC(=O)C[NH+](C)CC(=O)NC(C)C)cc1. The lowest BCUT2D eigenvalue weighted by Gasteiger charge is -2.15. The number of carbonyl (C=O) groups is 2. The van der Waals surface area contributed by atoms with Crippen molar-refractivity contribution in [2.75, 3.05) is 32.1 Å². The number of anilines is 1. The maximum absolute atomic E-state index is 11.9. The molecule has 22 heavy (non-hydrogen) atoms. The largest absolute Gasteiger partial charge is 0.494 e. The lowest BCUT2D eigenvalue weighted by atomic mass is 10.3.